The highest BCUT2D eigenvalue weighted by atomic mass is 16.4. The van der Waals surface area contributed by atoms with E-state index in [2.05, 4.69) is 0 Å². The zero-order chi connectivity index (χ0) is 13.9. The van der Waals surface area contributed by atoms with E-state index in [-0.39, 0.29) is 11.3 Å². The van der Waals surface area contributed by atoms with Crippen molar-refractivity contribution in [2.45, 2.75) is 19.3 Å². The predicted octanol–water partition coefficient (Wildman–Crippen LogP) is 0.524. The Morgan fingerprint density at radius 1 is 1.62 bits per heavy atom. The van der Waals surface area contributed by atoms with Gasteiger partial charge in [-0.25, -0.2) is 4.79 Å². The minimum absolute atomic E-state index is 0.126. The van der Waals surface area contributed by atoms with Crippen molar-refractivity contribution in [1.82, 2.24) is 5.32 Å². The van der Waals surface area contributed by atoms with Crippen LogP contribution in [0.1, 0.15) is 15.2 Å². The second-order valence-electron chi connectivity index (χ2n) is 3.14. The molecule has 1 aromatic carbocycles. The average Bonchev–Trinajstić information content (AvgIpc) is 2.26. The molecule has 0 saturated heterocycles. The number of hydrogen-bond acceptors (Lipinski definition) is 3. The summed E-state index contributed by atoms with van der Waals surface area (Å²) in [7, 11) is 0. The molecule has 1 rings (SSSR count). The Bertz CT molecular complexity index is 480. The second-order valence-corrected chi connectivity index (χ2v) is 3.14. The monoisotopic (exact) mass is 225 g/mol. The first-order valence-corrected chi connectivity index (χ1v) is 4.50. The van der Waals surface area contributed by atoms with Crippen LogP contribution in [0.25, 0.3) is 0 Å². The Kier molecular flexibility index (Phi) is 2.97. The van der Waals surface area contributed by atoms with E-state index in [1.807, 2.05) is 5.32 Å². The lowest BCUT2D eigenvalue weighted by molar-refractivity contribution is -0.141. The van der Waals surface area contributed by atoms with E-state index in [9.17, 15) is 14.7 Å². The van der Waals surface area contributed by atoms with Gasteiger partial charge in [-0.15, -0.1) is 0 Å². The minimum Gasteiger partial charge on any atom is -0.508 e. The number of hydrogen-bond donors (Lipinski definition) is 3. The number of aromatic hydroxyl groups is 1. The van der Waals surface area contributed by atoms with Gasteiger partial charge in [0.1, 0.15) is 11.8 Å². The number of carboxylic acids is 1. The molecule has 0 unspecified atom stereocenters. The van der Waals surface area contributed by atoms with E-state index in [4.69, 9.17) is 7.85 Å². The Morgan fingerprint density at radius 2 is 2.31 bits per heavy atom. The summed E-state index contributed by atoms with van der Waals surface area (Å²) in [5.74, 6) is -2.49. The Labute approximate surface area is 95.5 Å². The lowest BCUT2D eigenvalue weighted by Gasteiger charge is -2.13. The maximum atomic E-state index is 11.1. The maximum Gasteiger partial charge on any atom is 0.326 e. The summed E-state index contributed by atoms with van der Waals surface area (Å²) < 4.78 is 15.5. The summed E-state index contributed by atoms with van der Waals surface area (Å²) >= 11 is 0. The van der Waals surface area contributed by atoms with Crippen molar-refractivity contribution >= 4 is 11.9 Å². The molecule has 0 aromatic heterocycles. The number of carbonyl (C=O) groups excluding carboxylic acids is 1. The number of carboxylic acid groups (broad SMARTS) is 1. The van der Waals surface area contributed by atoms with Crippen LogP contribution in [0.3, 0.4) is 0 Å². The van der Waals surface area contributed by atoms with Crippen molar-refractivity contribution in [2.24, 2.45) is 0 Å². The van der Waals surface area contributed by atoms with E-state index in [0.29, 0.717) is 0 Å². The SMILES string of the molecule is [2H][C@@H](c1cccc(O)c1)[C@]([2H])(NC(C)=O)C(=O)O. The molecule has 0 fully saturated rings. The lowest BCUT2D eigenvalue weighted by atomic mass is 10.1. The van der Waals surface area contributed by atoms with E-state index in [0.717, 1.165) is 6.92 Å². The topological polar surface area (TPSA) is 86.6 Å². The Hall–Kier alpha value is -2.04. The van der Waals surface area contributed by atoms with Crippen LogP contribution in [0.2, 0.25) is 0 Å². The molecule has 0 aliphatic rings. The van der Waals surface area contributed by atoms with Crippen LogP contribution < -0.4 is 5.32 Å². The van der Waals surface area contributed by atoms with Gasteiger partial charge < -0.3 is 15.5 Å². The summed E-state index contributed by atoms with van der Waals surface area (Å²) in [6.07, 6.45) is -1.56. The highest BCUT2D eigenvalue weighted by Gasteiger charge is 2.18. The number of phenolic OH excluding ortho intramolecular Hbond substituents is 1. The lowest BCUT2D eigenvalue weighted by Crippen LogP contribution is -2.41. The number of carbonyl (C=O) groups is 2. The molecule has 0 heterocycles. The molecule has 3 N–H and O–H groups in total. The molecule has 1 amide bonds. The van der Waals surface area contributed by atoms with Gasteiger partial charge in [-0.3, -0.25) is 4.79 Å². The van der Waals surface area contributed by atoms with Crippen LogP contribution >= 0.6 is 0 Å². The number of benzene rings is 1. The number of phenols is 1. The molecule has 0 radical (unpaired) electrons. The van der Waals surface area contributed by atoms with Crippen LogP contribution in [0.15, 0.2) is 24.3 Å². The van der Waals surface area contributed by atoms with E-state index in [1.165, 1.54) is 24.3 Å². The third-order valence-corrected chi connectivity index (χ3v) is 1.72. The second kappa shape index (κ2) is 5.16. The van der Waals surface area contributed by atoms with Crippen LogP contribution in [0.4, 0.5) is 0 Å². The van der Waals surface area contributed by atoms with Crippen molar-refractivity contribution in [1.29, 1.82) is 0 Å². The molecule has 0 aliphatic heterocycles. The Balaban J connectivity index is 3.14. The summed E-state index contributed by atoms with van der Waals surface area (Å²) in [6, 6.07) is 2.89. The molecule has 0 spiro atoms. The highest BCUT2D eigenvalue weighted by Crippen LogP contribution is 2.12. The first kappa shape index (κ1) is 9.21. The minimum atomic E-state index is -2.50. The summed E-state index contributed by atoms with van der Waals surface area (Å²) in [5.41, 5.74) is 0.126. The number of aliphatic carboxylic acids is 1. The van der Waals surface area contributed by atoms with Gasteiger partial charge in [0.05, 0.1) is 1.37 Å². The predicted molar refractivity (Wildman–Crippen MR) is 57.1 cm³/mol. The zero-order valence-corrected chi connectivity index (χ0v) is 8.60. The fraction of sp³-hybridized carbons (Fsp3) is 0.273. The highest BCUT2D eigenvalue weighted by molar-refractivity contribution is 5.82. The fourth-order valence-electron chi connectivity index (χ4n) is 1.12. The first-order chi connectivity index (χ1) is 8.27. The van der Waals surface area contributed by atoms with Gasteiger partial charge in [0.2, 0.25) is 5.91 Å². The smallest absolute Gasteiger partial charge is 0.326 e. The van der Waals surface area contributed by atoms with Gasteiger partial charge in [-0.1, -0.05) is 12.1 Å². The fourth-order valence-corrected chi connectivity index (χ4v) is 1.12. The molecule has 0 aliphatic carbocycles. The van der Waals surface area contributed by atoms with E-state index >= 15 is 0 Å². The van der Waals surface area contributed by atoms with Gasteiger partial charge in [0.15, 0.2) is 0 Å². The number of nitrogens with one attached hydrogen (secondary N) is 1. The Morgan fingerprint density at radius 3 is 2.81 bits per heavy atom. The van der Waals surface area contributed by atoms with Crippen LogP contribution in [-0.2, 0) is 16.0 Å². The van der Waals surface area contributed by atoms with Crippen molar-refractivity contribution in [3.05, 3.63) is 29.8 Å². The van der Waals surface area contributed by atoms with E-state index in [1.54, 1.807) is 0 Å². The number of rotatable bonds is 4. The van der Waals surface area contributed by atoms with Gasteiger partial charge in [0.25, 0.3) is 0 Å². The molecule has 0 saturated carbocycles. The molecule has 16 heavy (non-hydrogen) atoms. The largest absolute Gasteiger partial charge is 0.508 e. The van der Waals surface area contributed by atoms with Crippen LogP contribution in [0.5, 0.6) is 5.75 Å². The molecular formula is C11H13NO4. The number of amides is 1. The maximum absolute atomic E-state index is 11.1. The molecular weight excluding hydrogens is 210 g/mol. The average molecular weight is 225 g/mol. The molecule has 1 aromatic rings. The third kappa shape index (κ3) is 3.61. The van der Waals surface area contributed by atoms with Crippen molar-refractivity contribution in [3.63, 3.8) is 0 Å². The van der Waals surface area contributed by atoms with Crippen molar-refractivity contribution in [2.75, 3.05) is 0 Å². The first-order valence-electron chi connectivity index (χ1n) is 5.58. The van der Waals surface area contributed by atoms with E-state index < -0.39 is 24.3 Å². The van der Waals surface area contributed by atoms with Crippen LogP contribution in [0, 0.1) is 0 Å². The summed E-state index contributed by atoms with van der Waals surface area (Å²) in [5, 5.41) is 20.2. The van der Waals surface area contributed by atoms with Gasteiger partial charge >= 0.3 is 5.97 Å². The van der Waals surface area contributed by atoms with Gasteiger partial charge in [-0.05, 0) is 17.7 Å². The standard InChI is InChI=1S/C11H13NO4/c1-7(13)12-10(11(15)16)6-8-3-2-4-9(14)5-8/h2-5,10,14H,6H2,1H3,(H,12,13)(H,15,16)/t10-/m0/s1/i6D,10D/t6-,10-. The molecule has 2 atom stereocenters. The quantitative estimate of drug-likeness (QED) is 0.697. The summed E-state index contributed by atoms with van der Waals surface area (Å²) in [4.78, 5) is 22.0. The summed E-state index contributed by atoms with van der Waals surface area (Å²) in [6.45, 7) is 1.07. The van der Waals surface area contributed by atoms with Crippen LogP contribution in [-0.4, -0.2) is 28.1 Å². The third-order valence-electron chi connectivity index (χ3n) is 1.72. The molecule has 0 bridgehead atoms. The molecule has 86 valence electrons. The van der Waals surface area contributed by atoms with Crippen molar-refractivity contribution in [3.8, 4) is 5.75 Å². The molecule has 5 nitrogen and oxygen atoms in total. The van der Waals surface area contributed by atoms with Gasteiger partial charge in [0, 0.05) is 14.7 Å². The normalized spacial score (nSPS) is 17.6. The van der Waals surface area contributed by atoms with Crippen molar-refractivity contribution < 1.29 is 22.5 Å². The van der Waals surface area contributed by atoms with Gasteiger partial charge in [-0.2, -0.15) is 0 Å². The zero-order valence-electron chi connectivity index (χ0n) is 10.6. The molecule has 5 heteroatoms.